The van der Waals surface area contributed by atoms with Crippen molar-refractivity contribution < 1.29 is 9.21 Å². The van der Waals surface area contributed by atoms with Gasteiger partial charge >= 0.3 is 0 Å². The molecule has 0 saturated carbocycles. The largest absolute Gasteiger partial charge is 0.468 e. The third kappa shape index (κ3) is 3.69. The minimum Gasteiger partial charge on any atom is -0.468 e. The van der Waals surface area contributed by atoms with E-state index in [-0.39, 0.29) is 18.0 Å². The van der Waals surface area contributed by atoms with E-state index in [0.29, 0.717) is 13.0 Å². The maximum atomic E-state index is 12.2. The molecule has 2 aromatic heterocycles. The molecule has 7 heteroatoms. The Hall–Kier alpha value is -2.38. The number of aromatic nitrogens is 1. The Morgan fingerprint density at radius 2 is 2.26 bits per heavy atom. The minimum atomic E-state index is -0.279. The summed E-state index contributed by atoms with van der Waals surface area (Å²) >= 11 is 0. The molecule has 1 amide bonds. The van der Waals surface area contributed by atoms with Crippen molar-refractivity contribution in [2.75, 3.05) is 19.0 Å². The highest BCUT2D eigenvalue weighted by Crippen LogP contribution is 2.22. The van der Waals surface area contributed by atoms with Crippen LogP contribution in [0.1, 0.15) is 23.8 Å². The molecule has 2 aromatic rings. The molecule has 2 atom stereocenters. The van der Waals surface area contributed by atoms with Crippen molar-refractivity contribution in [3.8, 4) is 0 Å². The van der Waals surface area contributed by atoms with Crippen LogP contribution in [0.25, 0.3) is 0 Å². The summed E-state index contributed by atoms with van der Waals surface area (Å²) in [4.78, 5) is 18.5. The van der Waals surface area contributed by atoms with E-state index >= 15 is 0 Å². The maximum Gasteiger partial charge on any atom is 0.238 e. The van der Waals surface area contributed by atoms with Crippen LogP contribution in [0, 0.1) is 0 Å². The summed E-state index contributed by atoms with van der Waals surface area (Å²) in [6.45, 7) is 0.461. The lowest BCUT2D eigenvalue weighted by molar-refractivity contribution is -0.123. The fourth-order valence-corrected chi connectivity index (χ4v) is 2.50. The molecule has 0 bridgehead atoms. The Morgan fingerprint density at radius 1 is 1.39 bits per heavy atom. The zero-order valence-electron chi connectivity index (χ0n) is 13.2. The molecule has 7 nitrogen and oxygen atoms in total. The Kier molecular flexibility index (Phi) is 4.59. The van der Waals surface area contributed by atoms with Gasteiger partial charge < -0.3 is 14.6 Å². The topological polar surface area (TPSA) is 82.4 Å². The minimum absolute atomic E-state index is 0.0155. The first-order valence-electron chi connectivity index (χ1n) is 7.58. The number of anilines is 1. The molecule has 3 rings (SSSR count). The number of hydrogen-bond acceptors (Lipinski definition) is 6. The maximum absolute atomic E-state index is 12.2. The summed E-state index contributed by atoms with van der Waals surface area (Å²) in [7, 11) is 3.88. The molecule has 0 radical (unpaired) electrons. The highest BCUT2D eigenvalue weighted by Gasteiger charge is 2.31. The molecule has 1 aliphatic heterocycles. The molecule has 23 heavy (non-hydrogen) atoms. The quantitative estimate of drug-likeness (QED) is 0.762. The normalized spacial score (nSPS) is 20.4. The van der Waals surface area contributed by atoms with E-state index < -0.39 is 0 Å². The standard InChI is InChI=1S/C16H21N5O2/c1-21(2)15-6-5-11(9-17-15)10-18-16(22)13-8-12(19-20-13)14-4-3-7-23-14/h3-7,9,12-13,19-20H,8,10H2,1-2H3,(H,18,22). The van der Waals surface area contributed by atoms with Crippen LogP contribution in [0.15, 0.2) is 41.1 Å². The second-order valence-electron chi connectivity index (χ2n) is 5.78. The van der Waals surface area contributed by atoms with E-state index in [1.165, 1.54) is 0 Å². The summed E-state index contributed by atoms with van der Waals surface area (Å²) in [5, 5.41) is 2.93. The van der Waals surface area contributed by atoms with Crippen molar-refractivity contribution in [3.05, 3.63) is 48.0 Å². The van der Waals surface area contributed by atoms with Crippen molar-refractivity contribution in [1.82, 2.24) is 21.2 Å². The van der Waals surface area contributed by atoms with E-state index in [1.54, 1.807) is 12.5 Å². The van der Waals surface area contributed by atoms with Crippen LogP contribution in [-0.4, -0.2) is 31.0 Å². The number of rotatable bonds is 5. The molecule has 1 fully saturated rings. The Labute approximate surface area is 135 Å². The van der Waals surface area contributed by atoms with Gasteiger partial charge in [0, 0.05) is 26.8 Å². The van der Waals surface area contributed by atoms with Gasteiger partial charge in [0.05, 0.1) is 12.3 Å². The van der Waals surface area contributed by atoms with Gasteiger partial charge in [0.2, 0.25) is 5.91 Å². The van der Waals surface area contributed by atoms with Crippen LogP contribution in [0.3, 0.4) is 0 Å². The fraction of sp³-hybridized carbons (Fsp3) is 0.375. The molecule has 3 N–H and O–H groups in total. The third-order valence-corrected chi connectivity index (χ3v) is 3.84. The molecule has 0 aromatic carbocycles. The molecular weight excluding hydrogens is 294 g/mol. The van der Waals surface area contributed by atoms with Gasteiger partial charge in [0.25, 0.3) is 0 Å². The number of nitrogens with zero attached hydrogens (tertiary/aromatic N) is 2. The molecular formula is C16H21N5O2. The van der Waals surface area contributed by atoms with Crippen LogP contribution >= 0.6 is 0 Å². The first-order valence-corrected chi connectivity index (χ1v) is 7.58. The van der Waals surface area contributed by atoms with Crippen molar-refractivity contribution in [2.45, 2.75) is 25.0 Å². The van der Waals surface area contributed by atoms with Gasteiger partial charge in [-0.2, -0.15) is 0 Å². The van der Waals surface area contributed by atoms with Gasteiger partial charge in [-0.3, -0.25) is 4.79 Å². The Morgan fingerprint density at radius 3 is 2.91 bits per heavy atom. The first kappa shape index (κ1) is 15.5. The van der Waals surface area contributed by atoms with Crippen molar-refractivity contribution in [1.29, 1.82) is 0 Å². The fourth-order valence-electron chi connectivity index (χ4n) is 2.50. The lowest BCUT2D eigenvalue weighted by Gasteiger charge is -2.13. The van der Waals surface area contributed by atoms with E-state index in [1.807, 2.05) is 43.3 Å². The number of pyridine rings is 1. The third-order valence-electron chi connectivity index (χ3n) is 3.84. The summed E-state index contributed by atoms with van der Waals surface area (Å²) in [5.74, 6) is 1.68. The molecule has 2 unspecified atom stereocenters. The van der Waals surface area contributed by atoms with E-state index in [4.69, 9.17) is 4.42 Å². The second-order valence-corrected chi connectivity index (χ2v) is 5.78. The number of carbonyl (C=O) groups excluding carboxylic acids is 1. The lowest BCUT2D eigenvalue weighted by atomic mass is 10.1. The number of hydrazine groups is 1. The molecule has 0 spiro atoms. The van der Waals surface area contributed by atoms with Gasteiger partial charge in [0.15, 0.2) is 0 Å². The van der Waals surface area contributed by atoms with E-state index in [2.05, 4.69) is 21.2 Å². The number of carbonyl (C=O) groups is 1. The zero-order chi connectivity index (χ0) is 16.2. The molecule has 3 heterocycles. The van der Waals surface area contributed by atoms with Crippen LogP contribution in [0.4, 0.5) is 5.82 Å². The van der Waals surface area contributed by atoms with Crippen LogP contribution in [-0.2, 0) is 11.3 Å². The van der Waals surface area contributed by atoms with Crippen LogP contribution in [0.2, 0.25) is 0 Å². The average Bonchev–Trinajstić information content (AvgIpc) is 3.23. The Bertz CT molecular complexity index is 639. The second kappa shape index (κ2) is 6.80. The predicted molar refractivity (Wildman–Crippen MR) is 86.5 cm³/mol. The SMILES string of the molecule is CN(C)c1ccc(CNC(=O)C2CC(c3ccco3)NN2)cn1. The van der Waals surface area contributed by atoms with Crippen molar-refractivity contribution in [3.63, 3.8) is 0 Å². The molecule has 1 saturated heterocycles. The summed E-state index contributed by atoms with van der Waals surface area (Å²) in [6.07, 6.45) is 4.06. The number of furan rings is 1. The first-order chi connectivity index (χ1) is 11.1. The molecule has 1 aliphatic rings. The van der Waals surface area contributed by atoms with Crippen molar-refractivity contribution >= 4 is 11.7 Å². The van der Waals surface area contributed by atoms with Crippen LogP contribution in [0.5, 0.6) is 0 Å². The number of nitrogens with one attached hydrogen (secondary N) is 3. The molecule has 122 valence electrons. The summed E-state index contributed by atoms with van der Waals surface area (Å²) in [5.41, 5.74) is 7.07. The summed E-state index contributed by atoms with van der Waals surface area (Å²) in [6, 6.07) is 7.38. The average molecular weight is 315 g/mol. The number of hydrogen-bond donors (Lipinski definition) is 3. The van der Waals surface area contributed by atoms with Crippen molar-refractivity contribution in [2.24, 2.45) is 0 Å². The van der Waals surface area contributed by atoms with Gasteiger partial charge in [-0.15, -0.1) is 0 Å². The highest BCUT2D eigenvalue weighted by molar-refractivity contribution is 5.82. The van der Waals surface area contributed by atoms with Gasteiger partial charge in [-0.1, -0.05) is 6.07 Å². The van der Waals surface area contributed by atoms with Gasteiger partial charge in [-0.05, 0) is 30.2 Å². The summed E-state index contributed by atoms with van der Waals surface area (Å²) < 4.78 is 5.36. The smallest absolute Gasteiger partial charge is 0.238 e. The van der Waals surface area contributed by atoms with Gasteiger partial charge in [-0.25, -0.2) is 15.8 Å². The monoisotopic (exact) mass is 315 g/mol. The van der Waals surface area contributed by atoms with E-state index in [0.717, 1.165) is 17.1 Å². The Balaban J connectivity index is 1.50. The van der Waals surface area contributed by atoms with Crippen LogP contribution < -0.4 is 21.1 Å². The van der Waals surface area contributed by atoms with Gasteiger partial charge in [0.1, 0.15) is 17.6 Å². The predicted octanol–water partition coefficient (Wildman–Crippen LogP) is 0.965. The zero-order valence-corrected chi connectivity index (χ0v) is 13.2. The van der Waals surface area contributed by atoms with E-state index in [9.17, 15) is 4.79 Å². The number of amides is 1. The highest BCUT2D eigenvalue weighted by atomic mass is 16.3. The lowest BCUT2D eigenvalue weighted by Crippen LogP contribution is -2.42. The molecule has 0 aliphatic carbocycles.